The number of rotatable bonds is 5. The van der Waals surface area contributed by atoms with Crippen LogP contribution in [0.5, 0.6) is 0 Å². The third kappa shape index (κ3) is 5.57. The number of alkyl halides is 7. The summed E-state index contributed by atoms with van der Waals surface area (Å²) in [6.07, 6.45) is -9.16. The van der Waals surface area contributed by atoms with Gasteiger partial charge in [-0.1, -0.05) is 0 Å². The van der Waals surface area contributed by atoms with Gasteiger partial charge < -0.3 is 10.1 Å². The molecule has 0 saturated carbocycles. The second kappa shape index (κ2) is 7.90. The Kier molecular flexibility index (Phi) is 6.31. The summed E-state index contributed by atoms with van der Waals surface area (Å²) in [7, 11) is 0. The van der Waals surface area contributed by atoms with Gasteiger partial charge in [-0.2, -0.15) is 26.3 Å². The van der Waals surface area contributed by atoms with Crippen LogP contribution in [0.1, 0.15) is 23.1 Å². The monoisotopic (exact) mass is 373 g/mol. The summed E-state index contributed by atoms with van der Waals surface area (Å²) in [5.41, 5.74) is -2.97. The second-order valence-electron chi connectivity index (χ2n) is 6.10. The molecule has 25 heavy (non-hydrogen) atoms. The van der Waals surface area contributed by atoms with Crippen LogP contribution in [0.4, 0.5) is 30.7 Å². The van der Waals surface area contributed by atoms with E-state index >= 15 is 0 Å². The van der Waals surface area contributed by atoms with Crippen LogP contribution in [0.15, 0.2) is 18.2 Å². The highest BCUT2D eigenvalue weighted by Gasteiger charge is 2.37. The van der Waals surface area contributed by atoms with Crippen LogP contribution < -0.4 is 5.32 Å². The van der Waals surface area contributed by atoms with E-state index in [0.29, 0.717) is 31.6 Å². The van der Waals surface area contributed by atoms with Crippen molar-refractivity contribution in [2.75, 3.05) is 26.4 Å². The molecule has 0 aliphatic carbocycles. The number of benzene rings is 1. The molecule has 9 heteroatoms. The van der Waals surface area contributed by atoms with Gasteiger partial charge in [-0.3, -0.25) is 4.39 Å². The Morgan fingerprint density at radius 2 is 1.56 bits per heavy atom. The normalized spacial score (nSPS) is 22.2. The molecule has 0 spiro atoms. The first kappa shape index (κ1) is 20.0. The molecule has 1 fully saturated rings. The molecule has 2 atom stereocenters. The Morgan fingerprint density at radius 1 is 0.960 bits per heavy atom. The number of ether oxygens (including phenoxy) is 1. The molecule has 2 rings (SSSR count). The van der Waals surface area contributed by atoms with Gasteiger partial charge in [0.15, 0.2) is 0 Å². The highest BCUT2D eigenvalue weighted by molar-refractivity contribution is 5.33. The van der Waals surface area contributed by atoms with Gasteiger partial charge in [0.05, 0.1) is 31.0 Å². The number of halogens is 7. The lowest BCUT2D eigenvalue weighted by atomic mass is 9.88. The summed E-state index contributed by atoms with van der Waals surface area (Å²) in [6, 6.07) is 1.36. The standard InChI is InChI=1S/C16H18F7NO/c17-6-11-1-2-24-7-12(11)9-25-8-10-3-13(15(18,19)20)5-14(4-10)16(21,22)23/h3-5,11-12,24H,1-2,6-9H2/t11-,12-/m0/s1. The molecular weight excluding hydrogens is 355 g/mol. The lowest BCUT2D eigenvalue weighted by molar-refractivity contribution is -0.143. The van der Waals surface area contributed by atoms with Gasteiger partial charge in [0.1, 0.15) is 0 Å². The second-order valence-corrected chi connectivity index (χ2v) is 6.10. The summed E-state index contributed by atoms with van der Waals surface area (Å²) in [6.45, 7) is 0.317. The zero-order valence-electron chi connectivity index (χ0n) is 13.2. The fraction of sp³-hybridized carbons (Fsp3) is 0.625. The van der Waals surface area contributed by atoms with Crippen LogP contribution in [-0.2, 0) is 23.7 Å². The third-order valence-corrected chi connectivity index (χ3v) is 4.21. The predicted octanol–water partition coefficient (Wildman–Crippen LogP) is 4.44. The van der Waals surface area contributed by atoms with E-state index < -0.39 is 36.8 Å². The van der Waals surface area contributed by atoms with E-state index in [1.54, 1.807) is 0 Å². The van der Waals surface area contributed by atoms with Gasteiger partial charge >= 0.3 is 12.4 Å². The first-order valence-electron chi connectivity index (χ1n) is 7.74. The van der Waals surface area contributed by atoms with Crippen LogP contribution in [0.3, 0.4) is 0 Å². The van der Waals surface area contributed by atoms with E-state index in [9.17, 15) is 30.7 Å². The maximum absolute atomic E-state index is 12.9. The highest BCUT2D eigenvalue weighted by atomic mass is 19.4. The van der Waals surface area contributed by atoms with Gasteiger partial charge in [0, 0.05) is 12.5 Å². The molecule has 2 nitrogen and oxygen atoms in total. The van der Waals surface area contributed by atoms with Gasteiger partial charge in [-0.25, -0.2) is 0 Å². The Morgan fingerprint density at radius 3 is 2.08 bits per heavy atom. The molecule has 0 radical (unpaired) electrons. The smallest absolute Gasteiger partial charge is 0.376 e. The minimum atomic E-state index is -4.89. The van der Waals surface area contributed by atoms with Gasteiger partial charge in [-0.15, -0.1) is 0 Å². The lowest BCUT2D eigenvalue weighted by Gasteiger charge is -2.30. The SMILES string of the molecule is FC[C@@H]1CCNC[C@H]1COCc1cc(C(F)(F)F)cc(C(F)(F)F)c1. The molecule has 0 unspecified atom stereocenters. The van der Waals surface area contributed by atoms with Crippen LogP contribution in [0.2, 0.25) is 0 Å². The maximum atomic E-state index is 12.9. The van der Waals surface area contributed by atoms with E-state index in [-0.39, 0.29) is 30.1 Å². The minimum Gasteiger partial charge on any atom is -0.376 e. The topological polar surface area (TPSA) is 21.3 Å². The number of hydrogen-bond donors (Lipinski definition) is 1. The molecule has 1 aromatic rings. The zero-order chi connectivity index (χ0) is 18.7. The van der Waals surface area contributed by atoms with E-state index in [0.717, 1.165) is 0 Å². The van der Waals surface area contributed by atoms with Crippen LogP contribution >= 0.6 is 0 Å². The summed E-state index contributed by atoms with van der Waals surface area (Å²) in [5.74, 6) is -0.375. The zero-order valence-corrected chi connectivity index (χ0v) is 13.2. The predicted molar refractivity (Wildman–Crippen MR) is 76.5 cm³/mol. The van der Waals surface area contributed by atoms with Crippen molar-refractivity contribution in [3.05, 3.63) is 34.9 Å². The first-order valence-corrected chi connectivity index (χ1v) is 7.74. The number of hydrogen-bond acceptors (Lipinski definition) is 2. The van der Waals surface area contributed by atoms with Crippen LogP contribution in [0, 0.1) is 11.8 Å². The van der Waals surface area contributed by atoms with Gasteiger partial charge in [0.25, 0.3) is 0 Å². The van der Waals surface area contributed by atoms with Crippen LogP contribution in [-0.4, -0.2) is 26.4 Å². The number of piperidine rings is 1. The van der Waals surface area contributed by atoms with E-state index in [1.165, 1.54) is 0 Å². The Hall–Kier alpha value is -1.35. The molecule has 0 amide bonds. The van der Waals surface area contributed by atoms with Gasteiger partial charge in [0.2, 0.25) is 0 Å². The van der Waals surface area contributed by atoms with Crippen molar-refractivity contribution < 1.29 is 35.5 Å². The maximum Gasteiger partial charge on any atom is 0.416 e. The molecule has 142 valence electrons. The third-order valence-electron chi connectivity index (χ3n) is 4.21. The van der Waals surface area contributed by atoms with Crippen molar-refractivity contribution in [1.82, 2.24) is 5.32 Å². The molecule has 1 heterocycles. The minimum absolute atomic E-state index is 0.0686. The molecule has 0 aromatic heterocycles. The van der Waals surface area contributed by atoms with E-state index in [2.05, 4.69) is 5.32 Å². The Balaban J connectivity index is 2.08. The van der Waals surface area contributed by atoms with Crippen molar-refractivity contribution in [2.24, 2.45) is 11.8 Å². The summed E-state index contributed by atoms with van der Waals surface area (Å²) in [5, 5.41) is 3.06. The summed E-state index contributed by atoms with van der Waals surface area (Å²) >= 11 is 0. The quantitative estimate of drug-likeness (QED) is 0.771. The molecular formula is C16H18F7NO. The average molecular weight is 373 g/mol. The van der Waals surface area contributed by atoms with Crippen molar-refractivity contribution >= 4 is 0 Å². The van der Waals surface area contributed by atoms with Gasteiger partial charge in [-0.05, 0) is 42.6 Å². The van der Waals surface area contributed by atoms with E-state index in [1.807, 2.05) is 0 Å². The van der Waals surface area contributed by atoms with Crippen LogP contribution in [0.25, 0.3) is 0 Å². The van der Waals surface area contributed by atoms with E-state index in [4.69, 9.17) is 4.74 Å². The first-order chi connectivity index (χ1) is 11.6. The lowest BCUT2D eigenvalue weighted by Crippen LogP contribution is -2.39. The Bertz CT molecular complexity index is 538. The summed E-state index contributed by atoms with van der Waals surface area (Å²) in [4.78, 5) is 0. The molecule has 1 saturated heterocycles. The van der Waals surface area contributed by atoms with Crippen molar-refractivity contribution in [3.63, 3.8) is 0 Å². The fourth-order valence-corrected chi connectivity index (χ4v) is 2.81. The fourth-order valence-electron chi connectivity index (χ4n) is 2.81. The molecule has 1 aliphatic rings. The summed E-state index contributed by atoms with van der Waals surface area (Å²) < 4.78 is 94.9. The molecule has 1 aliphatic heterocycles. The number of nitrogens with one attached hydrogen (secondary N) is 1. The molecule has 1 N–H and O–H groups in total. The highest BCUT2D eigenvalue weighted by Crippen LogP contribution is 2.36. The average Bonchev–Trinajstić information content (AvgIpc) is 2.53. The molecule has 1 aromatic carbocycles. The van der Waals surface area contributed by atoms with Crippen molar-refractivity contribution in [2.45, 2.75) is 25.4 Å². The Labute approximate surface area is 140 Å². The van der Waals surface area contributed by atoms with Crippen molar-refractivity contribution in [1.29, 1.82) is 0 Å². The molecule has 0 bridgehead atoms. The largest absolute Gasteiger partial charge is 0.416 e. The van der Waals surface area contributed by atoms with Crippen molar-refractivity contribution in [3.8, 4) is 0 Å².